The van der Waals surface area contributed by atoms with Crippen LogP contribution in [0.2, 0.25) is 18.1 Å². The van der Waals surface area contributed by atoms with E-state index in [1.165, 1.54) is 0 Å². The minimum absolute atomic E-state index is 0.0645. The second-order valence-corrected chi connectivity index (χ2v) is 17.0. The van der Waals surface area contributed by atoms with E-state index in [9.17, 15) is 10.2 Å². The molecule has 0 saturated carbocycles. The molecule has 3 unspecified atom stereocenters. The van der Waals surface area contributed by atoms with Crippen molar-refractivity contribution in [1.29, 1.82) is 0 Å². The number of aliphatic hydroxyl groups is 2. The molecular weight excluding hydrogens is 516 g/mol. The second kappa shape index (κ2) is 14.0. The summed E-state index contributed by atoms with van der Waals surface area (Å²) in [5.41, 5.74) is 2.06. The summed E-state index contributed by atoms with van der Waals surface area (Å²) in [7, 11) is -2.32. The van der Waals surface area contributed by atoms with E-state index in [0.717, 1.165) is 16.7 Å². The molecule has 0 spiro atoms. The molecule has 3 rings (SSSR count). The van der Waals surface area contributed by atoms with Gasteiger partial charge in [-0.25, -0.2) is 0 Å². The molecule has 2 N–H and O–H groups in total. The Balaban J connectivity index is 2.17. The molecule has 0 radical (unpaired) electrons. The summed E-state index contributed by atoms with van der Waals surface area (Å²) in [5.74, 6) is 0. The summed E-state index contributed by atoms with van der Waals surface area (Å²) in [4.78, 5) is 0. The van der Waals surface area contributed by atoms with Gasteiger partial charge in [0.25, 0.3) is 0 Å². The lowest BCUT2D eigenvalue weighted by Gasteiger charge is -2.44. The summed E-state index contributed by atoms with van der Waals surface area (Å²) in [6.45, 7) is 14.9. The number of benzene rings is 3. The van der Waals surface area contributed by atoms with E-state index in [1.807, 2.05) is 68.4 Å². The molecule has 3 aromatic carbocycles. The minimum Gasteiger partial charge on any atom is -0.409 e. The fraction of sp³-hybridized carbons (Fsp3) is 0.471. The molecule has 218 valence electrons. The van der Waals surface area contributed by atoms with Gasteiger partial charge in [0.2, 0.25) is 0 Å². The number of aliphatic hydroxyl groups excluding tert-OH is 2. The predicted octanol–water partition coefficient (Wildman–Crippen LogP) is 6.92. The van der Waals surface area contributed by atoms with E-state index in [-0.39, 0.29) is 30.8 Å². The van der Waals surface area contributed by atoms with Gasteiger partial charge in [-0.05, 0) is 55.1 Å². The molecule has 0 amide bonds. The normalized spacial score (nSPS) is 15.2. The zero-order valence-electron chi connectivity index (χ0n) is 25.2. The fourth-order valence-electron chi connectivity index (χ4n) is 4.76. The highest BCUT2D eigenvalue weighted by Gasteiger charge is 2.45. The zero-order valence-corrected chi connectivity index (χ0v) is 26.2. The van der Waals surface area contributed by atoms with E-state index in [0.29, 0.717) is 0 Å². The highest BCUT2D eigenvalue weighted by molar-refractivity contribution is 6.74. The SMILES string of the molecule is CC(C)OC(C(O)CCO)C(COC(c1ccccc1)(c1ccccc1)c1ccccc1)O[Si](C)(C)C(C)(C)C. The van der Waals surface area contributed by atoms with Crippen molar-refractivity contribution < 1.29 is 24.1 Å². The van der Waals surface area contributed by atoms with Crippen LogP contribution in [0.4, 0.5) is 0 Å². The Kier molecular flexibility index (Phi) is 11.3. The molecule has 0 heterocycles. The molecule has 0 aromatic heterocycles. The quantitative estimate of drug-likeness (QED) is 0.164. The van der Waals surface area contributed by atoms with Crippen molar-refractivity contribution in [2.75, 3.05) is 13.2 Å². The standard InChI is InChI=1S/C34H48O5Si/c1-26(2)38-32(30(36)23-24-35)31(39-40(6,7)33(3,4)5)25-37-34(27-17-11-8-12-18-27,28-19-13-9-14-20-28)29-21-15-10-16-22-29/h8-22,26,30-32,35-36H,23-25H2,1-7H3. The topological polar surface area (TPSA) is 68.2 Å². The molecule has 40 heavy (non-hydrogen) atoms. The van der Waals surface area contributed by atoms with Gasteiger partial charge in [0.1, 0.15) is 11.7 Å². The Morgan fingerprint density at radius 1 is 0.750 bits per heavy atom. The van der Waals surface area contributed by atoms with Gasteiger partial charge in [0, 0.05) is 6.61 Å². The van der Waals surface area contributed by atoms with Gasteiger partial charge in [0.05, 0.1) is 24.9 Å². The average molecular weight is 565 g/mol. The summed E-state index contributed by atoms with van der Waals surface area (Å²) in [6.07, 6.45) is -2.12. The van der Waals surface area contributed by atoms with Gasteiger partial charge in [0.15, 0.2) is 8.32 Å². The molecule has 0 aliphatic heterocycles. The third-order valence-electron chi connectivity index (χ3n) is 7.86. The maximum atomic E-state index is 11.2. The van der Waals surface area contributed by atoms with Crippen LogP contribution in [0.25, 0.3) is 0 Å². The second-order valence-electron chi connectivity index (χ2n) is 12.2. The number of hydrogen-bond donors (Lipinski definition) is 2. The van der Waals surface area contributed by atoms with Crippen LogP contribution >= 0.6 is 0 Å². The molecule has 0 aliphatic rings. The molecule has 3 atom stereocenters. The van der Waals surface area contributed by atoms with Gasteiger partial charge < -0.3 is 24.1 Å². The first-order valence-corrected chi connectivity index (χ1v) is 17.3. The lowest BCUT2D eigenvalue weighted by atomic mass is 9.80. The van der Waals surface area contributed by atoms with Crippen LogP contribution < -0.4 is 0 Å². The Bertz CT molecular complexity index is 1030. The van der Waals surface area contributed by atoms with E-state index < -0.39 is 32.2 Å². The molecule has 0 saturated heterocycles. The van der Waals surface area contributed by atoms with Gasteiger partial charge >= 0.3 is 0 Å². The first-order chi connectivity index (χ1) is 18.9. The molecule has 3 aromatic rings. The largest absolute Gasteiger partial charge is 0.409 e. The van der Waals surface area contributed by atoms with E-state index in [1.54, 1.807) is 0 Å². The zero-order chi connectivity index (χ0) is 29.4. The molecule has 6 heteroatoms. The lowest BCUT2D eigenvalue weighted by Crippen LogP contribution is -2.53. The Morgan fingerprint density at radius 2 is 1.18 bits per heavy atom. The molecular formula is C34H48O5Si. The average Bonchev–Trinajstić information content (AvgIpc) is 2.92. The van der Waals surface area contributed by atoms with Crippen molar-refractivity contribution in [2.45, 2.75) is 89.2 Å². The van der Waals surface area contributed by atoms with Crippen molar-refractivity contribution in [3.63, 3.8) is 0 Å². The monoisotopic (exact) mass is 564 g/mol. The Morgan fingerprint density at radius 3 is 1.52 bits per heavy atom. The van der Waals surface area contributed by atoms with Crippen LogP contribution in [0.3, 0.4) is 0 Å². The Hall–Kier alpha value is -2.32. The van der Waals surface area contributed by atoms with Crippen LogP contribution in [0, 0.1) is 0 Å². The number of rotatable bonds is 14. The third kappa shape index (κ3) is 7.69. The highest BCUT2D eigenvalue weighted by atomic mass is 28.4. The highest BCUT2D eigenvalue weighted by Crippen LogP contribution is 2.42. The summed E-state index contributed by atoms with van der Waals surface area (Å²) in [6, 6.07) is 30.7. The van der Waals surface area contributed by atoms with Crippen LogP contribution in [-0.2, 0) is 19.5 Å². The predicted molar refractivity (Wildman–Crippen MR) is 165 cm³/mol. The molecule has 0 bridgehead atoms. The summed E-state index contributed by atoms with van der Waals surface area (Å²) in [5, 5.41) is 20.8. The Labute approximate surface area is 242 Å². The van der Waals surface area contributed by atoms with Crippen molar-refractivity contribution in [3.8, 4) is 0 Å². The first-order valence-electron chi connectivity index (χ1n) is 14.3. The lowest BCUT2D eigenvalue weighted by molar-refractivity contribution is -0.147. The van der Waals surface area contributed by atoms with Gasteiger partial charge in [-0.1, -0.05) is 112 Å². The van der Waals surface area contributed by atoms with Gasteiger partial charge in [-0.3, -0.25) is 0 Å². The van der Waals surface area contributed by atoms with Crippen molar-refractivity contribution in [2.24, 2.45) is 0 Å². The van der Waals surface area contributed by atoms with Crippen molar-refractivity contribution in [1.82, 2.24) is 0 Å². The smallest absolute Gasteiger partial charge is 0.192 e. The fourth-order valence-corrected chi connectivity index (χ4v) is 6.08. The van der Waals surface area contributed by atoms with Crippen LogP contribution in [0.15, 0.2) is 91.0 Å². The minimum atomic E-state index is -2.32. The van der Waals surface area contributed by atoms with Crippen molar-refractivity contribution in [3.05, 3.63) is 108 Å². The number of hydrogen-bond acceptors (Lipinski definition) is 5. The molecule has 0 fully saturated rings. The third-order valence-corrected chi connectivity index (χ3v) is 12.4. The molecule has 0 aliphatic carbocycles. The molecule has 5 nitrogen and oxygen atoms in total. The van der Waals surface area contributed by atoms with E-state index in [2.05, 4.69) is 70.3 Å². The summed E-state index contributed by atoms with van der Waals surface area (Å²) >= 11 is 0. The number of ether oxygens (including phenoxy) is 2. The van der Waals surface area contributed by atoms with Crippen LogP contribution in [0.1, 0.15) is 57.7 Å². The van der Waals surface area contributed by atoms with Gasteiger partial charge in [-0.15, -0.1) is 0 Å². The van der Waals surface area contributed by atoms with E-state index in [4.69, 9.17) is 13.9 Å². The van der Waals surface area contributed by atoms with Crippen LogP contribution in [0.5, 0.6) is 0 Å². The van der Waals surface area contributed by atoms with Gasteiger partial charge in [-0.2, -0.15) is 0 Å². The van der Waals surface area contributed by atoms with Crippen molar-refractivity contribution >= 4 is 8.32 Å². The summed E-state index contributed by atoms with van der Waals surface area (Å²) < 4.78 is 20.5. The first kappa shape index (κ1) is 32.2. The van der Waals surface area contributed by atoms with E-state index >= 15 is 0 Å². The maximum Gasteiger partial charge on any atom is 0.192 e. The maximum absolute atomic E-state index is 11.2. The van der Waals surface area contributed by atoms with Crippen LogP contribution in [-0.4, -0.2) is 56.2 Å².